The first kappa shape index (κ1) is 20.1. The van der Waals surface area contributed by atoms with E-state index in [0.29, 0.717) is 6.54 Å². The Bertz CT molecular complexity index is 887. The number of fused-ring (bicyclic) bond motifs is 1. The Morgan fingerprint density at radius 3 is 2.32 bits per heavy atom. The average Bonchev–Trinajstić information content (AvgIpc) is 3.47. The van der Waals surface area contributed by atoms with Crippen LogP contribution in [-0.2, 0) is 16.1 Å². The molecule has 0 N–H and O–H groups in total. The molecule has 150 valence electrons. The zero-order valence-electron chi connectivity index (χ0n) is 17.5. The zero-order valence-corrected chi connectivity index (χ0v) is 17.5. The average molecular weight is 383 g/mol. The molecule has 28 heavy (non-hydrogen) atoms. The third-order valence-corrected chi connectivity index (χ3v) is 5.15. The van der Waals surface area contributed by atoms with E-state index in [-0.39, 0.29) is 30.7 Å². The van der Waals surface area contributed by atoms with Crippen molar-refractivity contribution < 1.29 is 9.59 Å². The highest BCUT2D eigenvalue weighted by Gasteiger charge is 2.33. The molecule has 1 aromatic carbocycles. The molecule has 0 unspecified atom stereocenters. The number of carbonyl (C=O) groups excluding carboxylic acids is 2. The van der Waals surface area contributed by atoms with E-state index < -0.39 is 0 Å². The van der Waals surface area contributed by atoms with E-state index in [2.05, 4.69) is 31.2 Å². The molecule has 6 heteroatoms. The molecule has 6 nitrogen and oxygen atoms in total. The van der Waals surface area contributed by atoms with E-state index >= 15 is 0 Å². The van der Waals surface area contributed by atoms with Crippen molar-refractivity contribution in [1.82, 2.24) is 14.8 Å². The summed E-state index contributed by atoms with van der Waals surface area (Å²) in [5.41, 5.74) is 3.19. The molecule has 1 aliphatic rings. The molecule has 3 rings (SSSR count). The Balaban J connectivity index is 1.85. The predicted molar refractivity (Wildman–Crippen MR) is 112 cm³/mol. The fourth-order valence-electron chi connectivity index (χ4n) is 3.39. The van der Waals surface area contributed by atoms with Gasteiger partial charge in [0.1, 0.15) is 5.82 Å². The largest absolute Gasteiger partial charge is 0.362 e. The van der Waals surface area contributed by atoms with Crippen LogP contribution in [0.15, 0.2) is 24.3 Å². The Kier molecular flexibility index (Phi) is 5.87. The van der Waals surface area contributed by atoms with Crippen LogP contribution < -0.4 is 4.90 Å². The quantitative estimate of drug-likeness (QED) is 0.739. The topological polar surface area (TPSA) is 56.8 Å². The van der Waals surface area contributed by atoms with Crippen molar-refractivity contribution in [2.45, 2.75) is 45.2 Å². The summed E-state index contributed by atoms with van der Waals surface area (Å²) in [4.78, 5) is 35.1. The van der Waals surface area contributed by atoms with Gasteiger partial charge >= 0.3 is 0 Å². The second-order valence-corrected chi connectivity index (χ2v) is 8.10. The number of pyridine rings is 1. The van der Waals surface area contributed by atoms with Gasteiger partial charge in [-0.15, -0.1) is 0 Å². The van der Waals surface area contributed by atoms with Gasteiger partial charge in [0.25, 0.3) is 0 Å². The summed E-state index contributed by atoms with van der Waals surface area (Å²) in [5.74, 6) is 0.924. The Morgan fingerprint density at radius 2 is 1.71 bits per heavy atom. The van der Waals surface area contributed by atoms with Gasteiger partial charge in [0.15, 0.2) is 0 Å². The van der Waals surface area contributed by atoms with Crippen LogP contribution in [0.25, 0.3) is 10.9 Å². The third kappa shape index (κ3) is 4.61. The van der Waals surface area contributed by atoms with Crippen LogP contribution in [0.4, 0.5) is 5.82 Å². The van der Waals surface area contributed by atoms with E-state index in [1.54, 1.807) is 14.1 Å². The maximum atomic E-state index is 12.9. The van der Waals surface area contributed by atoms with Crippen molar-refractivity contribution in [2.24, 2.45) is 0 Å². The minimum atomic E-state index is -0.0131. The van der Waals surface area contributed by atoms with Crippen LogP contribution in [0, 0.1) is 6.92 Å². The van der Waals surface area contributed by atoms with E-state index in [4.69, 9.17) is 4.98 Å². The number of aromatic nitrogens is 1. The second kappa shape index (κ2) is 8.17. The summed E-state index contributed by atoms with van der Waals surface area (Å²) in [6, 6.07) is 8.68. The summed E-state index contributed by atoms with van der Waals surface area (Å²) in [7, 11) is 7.40. The summed E-state index contributed by atoms with van der Waals surface area (Å²) >= 11 is 0. The molecule has 2 aromatic rings. The molecular weight excluding hydrogens is 352 g/mol. The SMILES string of the molecule is Cc1ccc2cc(CN(C(=O)CCC(=O)N(C)C)C3CC3)c(N(C)C)nc2c1. The van der Waals surface area contributed by atoms with Crippen molar-refractivity contribution in [1.29, 1.82) is 0 Å². The highest BCUT2D eigenvalue weighted by molar-refractivity contribution is 5.85. The molecule has 1 heterocycles. The molecule has 1 fully saturated rings. The third-order valence-electron chi connectivity index (χ3n) is 5.15. The van der Waals surface area contributed by atoms with Gasteiger partial charge < -0.3 is 14.7 Å². The number of rotatable bonds is 7. The smallest absolute Gasteiger partial charge is 0.223 e. The lowest BCUT2D eigenvalue weighted by Gasteiger charge is -2.26. The zero-order chi connectivity index (χ0) is 20.4. The highest BCUT2D eigenvalue weighted by Crippen LogP contribution is 2.32. The van der Waals surface area contributed by atoms with Gasteiger partial charge in [0.05, 0.1) is 5.52 Å². The number of nitrogens with zero attached hydrogens (tertiary/aromatic N) is 4. The molecule has 0 spiro atoms. The molecule has 1 saturated carbocycles. The molecule has 2 amide bonds. The molecule has 0 atom stereocenters. The van der Waals surface area contributed by atoms with Crippen molar-refractivity contribution in [2.75, 3.05) is 33.1 Å². The summed E-state index contributed by atoms with van der Waals surface area (Å²) in [5, 5.41) is 1.08. The first-order valence-corrected chi connectivity index (χ1v) is 9.83. The van der Waals surface area contributed by atoms with Gasteiger partial charge in [-0.3, -0.25) is 9.59 Å². The van der Waals surface area contributed by atoms with Crippen LogP contribution in [-0.4, -0.2) is 60.8 Å². The van der Waals surface area contributed by atoms with Gasteiger partial charge in [-0.1, -0.05) is 12.1 Å². The summed E-state index contributed by atoms with van der Waals surface area (Å²) in [6.07, 6.45) is 2.57. The summed E-state index contributed by atoms with van der Waals surface area (Å²) in [6.45, 7) is 2.59. The number of aryl methyl sites for hydroxylation is 1. The molecule has 1 aliphatic carbocycles. The lowest BCUT2D eigenvalue weighted by molar-refractivity contribution is -0.136. The Hall–Kier alpha value is -2.63. The van der Waals surface area contributed by atoms with Crippen molar-refractivity contribution in [3.05, 3.63) is 35.4 Å². The molecular formula is C22H30N4O2. The monoisotopic (exact) mass is 382 g/mol. The maximum absolute atomic E-state index is 12.9. The molecule has 0 saturated heterocycles. The van der Waals surface area contributed by atoms with Gasteiger partial charge in [0.2, 0.25) is 11.8 Å². The number of carbonyl (C=O) groups is 2. The minimum absolute atomic E-state index is 0.0131. The lowest BCUT2D eigenvalue weighted by atomic mass is 10.1. The first-order valence-electron chi connectivity index (χ1n) is 9.83. The van der Waals surface area contributed by atoms with Crippen LogP contribution in [0.2, 0.25) is 0 Å². The van der Waals surface area contributed by atoms with Crippen molar-refractivity contribution in [3.8, 4) is 0 Å². The molecule has 0 radical (unpaired) electrons. The minimum Gasteiger partial charge on any atom is -0.362 e. The fraction of sp³-hybridized carbons (Fsp3) is 0.500. The van der Waals surface area contributed by atoms with Crippen LogP contribution >= 0.6 is 0 Å². The second-order valence-electron chi connectivity index (χ2n) is 8.10. The van der Waals surface area contributed by atoms with Gasteiger partial charge in [-0.2, -0.15) is 0 Å². The van der Waals surface area contributed by atoms with Crippen LogP contribution in [0.5, 0.6) is 0 Å². The molecule has 1 aromatic heterocycles. The Labute approximate surface area is 167 Å². The van der Waals surface area contributed by atoms with Gasteiger partial charge in [-0.05, 0) is 37.5 Å². The number of benzene rings is 1. The van der Waals surface area contributed by atoms with Crippen LogP contribution in [0.3, 0.4) is 0 Å². The predicted octanol–water partition coefficient (Wildman–Crippen LogP) is 2.97. The standard InChI is InChI=1S/C22H30N4O2/c1-15-6-7-16-13-17(22(25(4)5)23-19(16)12-15)14-26(18-8-9-18)21(28)11-10-20(27)24(2)3/h6-7,12-13,18H,8-11,14H2,1-5H3. The van der Waals surface area contributed by atoms with Crippen molar-refractivity contribution >= 4 is 28.5 Å². The number of hydrogen-bond acceptors (Lipinski definition) is 4. The van der Waals surface area contributed by atoms with E-state index in [0.717, 1.165) is 35.1 Å². The van der Waals surface area contributed by atoms with Gasteiger partial charge in [-0.25, -0.2) is 4.98 Å². The number of anilines is 1. The van der Waals surface area contributed by atoms with E-state index in [1.165, 1.54) is 10.5 Å². The van der Waals surface area contributed by atoms with E-state index in [1.807, 2.05) is 23.9 Å². The number of hydrogen-bond donors (Lipinski definition) is 0. The maximum Gasteiger partial charge on any atom is 0.223 e. The van der Waals surface area contributed by atoms with Gasteiger partial charge in [0, 0.05) is 64.6 Å². The highest BCUT2D eigenvalue weighted by atomic mass is 16.2. The van der Waals surface area contributed by atoms with E-state index in [9.17, 15) is 9.59 Å². The van der Waals surface area contributed by atoms with Crippen molar-refractivity contribution in [3.63, 3.8) is 0 Å². The van der Waals surface area contributed by atoms with Crippen LogP contribution in [0.1, 0.15) is 36.8 Å². The molecule has 0 aliphatic heterocycles. The summed E-state index contributed by atoms with van der Waals surface area (Å²) < 4.78 is 0. The fourth-order valence-corrected chi connectivity index (χ4v) is 3.39. The number of amides is 2. The Morgan fingerprint density at radius 1 is 1.04 bits per heavy atom. The first-order chi connectivity index (χ1) is 13.3. The molecule has 0 bridgehead atoms. The normalized spacial score (nSPS) is 13.5. The lowest BCUT2D eigenvalue weighted by Crippen LogP contribution is -2.34.